The lowest BCUT2D eigenvalue weighted by Gasteiger charge is -2.21. The van der Waals surface area contributed by atoms with Crippen LogP contribution in [0.4, 0.5) is 5.69 Å². The summed E-state index contributed by atoms with van der Waals surface area (Å²) in [7, 11) is 2.03. The first-order valence-electron chi connectivity index (χ1n) is 8.33. The fourth-order valence-corrected chi connectivity index (χ4v) is 3.01. The molecule has 1 aliphatic rings. The van der Waals surface area contributed by atoms with E-state index in [1.54, 1.807) is 0 Å². The first-order chi connectivity index (χ1) is 11.8. The number of rotatable bonds is 6. The maximum Gasteiger partial charge on any atom is 0.226 e. The van der Waals surface area contributed by atoms with Gasteiger partial charge in [0, 0.05) is 32.4 Å². The number of hydrogen-bond donors (Lipinski definition) is 3. The molecule has 0 aliphatic carbocycles. The molecule has 5 heteroatoms. The molecule has 24 heavy (non-hydrogen) atoms. The molecule has 0 aromatic heterocycles. The third kappa shape index (κ3) is 3.93. The highest BCUT2D eigenvalue weighted by molar-refractivity contribution is 5.80. The zero-order valence-electron chi connectivity index (χ0n) is 13.9. The fraction of sp³-hybridized carbons (Fsp3) is 0.316. The van der Waals surface area contributed by atoms with E-state index in [4.69, 9.17) is 0 Å². The number of amides is 1. The van der Waals surface area contributed by atoms with E-state index in [2.05, 4.69) is 33.2 Å². The van der Waals surface area contributed by atoms with Gasteiger partial charge in [0.15, 0.2) is 0 Å². The first kappa shape index (κ1) is 16.5. The molecule has 0 saturated carbocycles. The van der Waals surface area contributed by atoms with E-state index in [0.29, 0.717) is 13.1 Å². The van der Waals surface area contributed by atoms with E-state index >= 15 is 0 Å². The number of benzene rings is 2. The molecule has 3 N–H and O–H groups in total. The van der Waals surface area contributed by atoms with Crippen molar-refractivity contribution < 1.29 is 4.79 Å². The summed E-state index contributed by atoms with van der Waals surface area (Å²) in [5, 5.41) is 3.06. The summed E-state index contributed by atoms with van der Waals surface area (Å²) >= 11 is 0. The molecule has 0 spiro atoms. The molecule has 1 saturated heterocycles. The van der Waals surface area contributed by atoms with E-state index < -0.39 is 0 Å². The Labute approximate surface area is 143 Å². The Morgan fingerprint density at radius 2 is 1.79 bits per heavy atom. The van der Waals surface area contributed by atoms with Crippen molar-refractivity contribution in [3.05, 3.63) is 66.2 Å². The van der Waals surface area contributed by atoms with Gasteiger partial charge in [-0.1, -0.05) is 48.5 Å². The molecule has 126 valence electrons. The topological polar surface area (TPSA) is 56.4 Å². The number of nitrogens with one attached hydrogen (secondary N) is 3. The molecular weight excluding hydrogens is 300 g/mol. The zero-order chi connectivity index (χ0) is 16.8. The minimum atomic E-state index is -0.102. The van der Waals surface area contributed by atoms with E-state index in [9.17, 15) is 4.79 Å². The molecular formula is C19H24N4O. The van der Waals surface area contributed by atoms with Crippen LogP contribution >= 0.6 is 0 Å². The number of likely N-dealkylation sites (N-methyl/N-ethyl adjacent to an activating group) is 1. The SMILES string of the molecule is CN(CCNC(=O)C1CNNC1c1ccccc1)c1ccccc1. The Morgan fingerprint density at radius 3 is 2.50 bits per heavy atom. The predicted molar refractivity (Wildman–Crippen MR) is 96.5 cm³/mol. The van der Waals surface area contributed by atoms with Crippen molar-refractivity contribution in [3.63, 3.8) is 0 Å². The van der Waals surface area contributed by atoms with Gasteiger partial charge in [0.2, 0.25) is 5.91 Å². The van der Waals surface area contributed by atoms with Crippen molar-refractivity contribution in [1.82, 2.24) is 16.2 Å². The average Bonchev–Trinajstić information content (AvgIpc) is 3.13. The zero-order valence-corrected chi connectivity index (χ0v) is 13.9. The van der Waals surface area contributed by atoms with Gasteiger partial charge in [-0.3, -0.25) is 10.2 Å². The maximum atomic E-state index is 12.5. The minimum Gasteiger partial charge on any atom is -0.373 e. The van der Waals surface area contributed by atoms with Crippen LogP contribution in [0.15, 0.2) is 60.7 Å². The van der Waals surface area contributed by atoms with Crippen LogP contribution in [0.5, 0.6) is 0 Å². The van der Waals surface area contributed by atoms with Crippen LogP contribution in [-0.2, 0) is 4.79 Å². The van der Waals surface area contributed by atoms with E-state index in [-0.39, 0.29) is 17.9 Å². The van der Waals surface area contributed by atoms with Gasteiger partial charge >= 0.3 is 0 Å². The van der Waals surface area contributed by atoms with Crippen LogP contribution in [-0.4, -0.2) is 32.6 Å². The highest BCUT2D eigenvalue weighted by Crippen LogP contribution is 2.24. The van der Waals surface area contributed by atoms with Crippen molar-refractivity contribution in [3.8, 4) is 0 Å². The van der Waals surface area contributed by atoms with Crippen molar-refractivity contribution in [2.24, 2.45) is 5.92 Å². The Bertz CT molecular complexity index is 647. The molecule has 1 aliphatic heterocycles. The summed E-state index contributed by atoms with van der Waals surface area (Å²) in [4.78, 5) is 14.7. The second-order valence-electron chi connectivity index (χ2n) is 6.07. The lowest BCUT2D eigenvalue weighted by atomic mass is 9.94. The van der Waals surface area contributed by atoms with Crippen LogP contribution in [0.25, 0.3) is 0 Å². The minimum absolute atomic E-state index is 0.0121. The Morgan fingerprint density at radius 1 is 1.12 bits per heavy atom. The molecule has 0 radical (unpaired) electrons. The second kappa shape index (κ2) is 7.95. The van der Waals surface area contributed by atoms with Gasteiger partial charge in [-0.15, -0.1) is 0 Å². The van der Waals surface area contributed by atoms with Crippen molar-refractivity contribution in [1.29, 1.82) is 0 Å². The summed E-state index contributed by atoms with van der Waals surface area (Å²) in [6, 6.07) is 20.3. The Balaban J connectivity index is 1.51. The molecule has 1 fully saturated rings. The lowest BCUT2D eigenvalue weighted by molar-refractivity contribution is -0.124. The summed E-state index contributed by atoms with van der Waals surface area (Å²) in [6.45, 7) is 2.04. The monoisotopic (exact) mass is 324 g/mol. The number of hydrogen-bond acceptors (Lipinski definition) is 4. The molecule has 3 rings (SSSR count). The van der Waals surface area contributed by atoms with Gasteiger partial charge < -0.3 is 10.2 Å². The van der Waals surface area contributed by atoms with Gasteiger partial charge in [-0.25, -0.2) is 5.43 Å². The summed E-state index contributed by atoms with van der Waals surface area (Å²) < 4.78 is 0. The van der Waals surface area contributed by atoms with Gasteiger partial charge in [-0.2, -0.15) is 0 Å². The molecule has 2 aromatic rings. The molecule has 1 amide bonds. The largest absolute Gasteiger partial charge is 0.373 e. The lowest BCUT2D eigenvalue weighted by Crippen LogP contribution is -2.39. The molecule has 2 unspecified atom stereocenters. The maximum absolute atomic E-state index is 12.5. The predicted octanol–water partition coefficient (Wildman–Crippen LogP) is 1.70. The quantitative estimate of drug-likeness (QED) is 0.757. The molecule has 2 aromatic carbocycles. The summed E-state index contributed by atoms with van der Waals surface area (Å²) in [5.41, 5.74) is 8.59. The molecule has 2 atom stereocenters. The van der Waals surface area contributed by atoms with Crippen LogP contribution in [0, 0.1) is 5.92 Å². The van der Waals surface area contributed by atoms with Crippen LogP contribution in [0.1, 0.15) is 11.6 Å². The Kier molecular flexibility index (Phi) is 5.46. The smallest absolute Gasteiger partial charge is 0.226 e. The molecule has 5 nitrogen and oxygen atoms in total. The van der Waals surface area contributed by atoms with E-state index in [1.165, 1.54) is 0 Å². The van der Waals surface area contributed by atoms with Crippen LogP contribution in [0.2, 0.25) is 0 Å². The number of nitrogens with zero attached hydrogens (tertiary/aromatic N) is 1. The highest BCUT2D eigenvalue weighted by Gasteiger charge is 2.33. The van der Waals surface area contributed by atoms with Gasteiger partial charge in [-0.05, 0) is 17.7 Å². The standard InChI is InChI=1S/C19H24N4O/c1-23(16-10-6-3-7-11-16)13-12-20-19(24)17-14-21-22-18(17)15-8-4-2-5-9-15/h2-11,17-18,21-22H,12-14H2,1H3,(H,20,24). The fourth-order valence-electron chi connectivity index (χ4n) is 3.01. The highest BCUT2D eigenvalue weighted by atomic mass is 16.2. The average molecular weight is 324 g/mol. The van der Waals surface area contributed by atoms with Crippen molar-refractivity contribution in [2.45, 2.75) is 6.04 Å². The van der Waals surface area contributed by atoms with Gasteiger partial charge in [0.25, 0.3) is 0 Å². The number of para-hydroxylation sites is 1. The summed E-state index contributed by atoms with van der Waals surface area (Å²) in [5.74, 6) is -0.0164. The molecule has 1 heterocycles. The second-order valence-corrected chi connectivity index (χ2v) is 6.07. The van der Waals surface area contributed by atoms with Crippen LogP contribution < -0.4 is 21.1 Å². The van der Waals surface area contributed by atoms with E-state index in [1.807, 2.05) is 55.6 Å². The first-order valence-corrected chi connectivity index (χ1v) is 8.33. The Hall–Kier alpha value is -2.37. The number of carbonyl (C=O) groups excluding carboxylic acids is 1. The van der Waals surface area contributed by atoms with E-state index in [0.717, 1.165) is 17.8 Å². The summed E-state index contributed by atoms with van der Waals surface area (Å²) in [6.07, 6.45) is 0. The number of carbonyl (C=O) groups is 1. The normalized spacial score (nSPS) is 19.9. The number of hydrazine groups is 1. The third-order valence-electron chi connectivity index (χ3n) is 4.42. The van der Waals surface area contributed by atoms with Gasteiger partial charge in [0.05, 0.1) is 12.0 Å². The van der Waals surface area contributed by atoms with Gasteiger partial charge in [0.1, 0.15) is 0 Å². The number of anilines is 1. The third-order valence-corrected chi connectivity index (χ3v) is 4.42. The molecule has 0 bridgehead atoms. The van der Waals surface area contributed by atoms with Crippen molar-refractivity contribution >= 4 is 11.6 Å². The van der Waals surface area contributed by atoms with Crippen molar-refractivity contribution in [2.75, 3.05) is 31.6 Å². The van der Waals surface area contributed by atoms with Crippen LogP contribution in [0.3, 0.4) is 0 Å².